The minimum absolute atomic E-state index is 0.0808. The number of nitrogens with zero attached hydrogens (tertiary/aromatic N) is 4. The molecule has 2 aromatic rings. The number of esters is 2. The van der Waals surface area contributed by atoms with Gasteiger partial charge in [-0.2, -0.15) is 16.8 Å². The standard InChI is InChI=1S/2C22H35NO5S.2C16H29NO4/c2*1-16(2)20-15-18(11-13-23(20)21(24)28-22(4,5)6)12-14-27-29(25,26)19-9-7-17(3)8-10-19;2*1-11(2)13-9-12(10-14(18)20-6)7-8-17(13)15(19)21-16(3,4)5/h2*7-10,16,18,20H,11-15H2,1-6H3;2*11-13H,7-10H2,1-6H3/t18-,20+;18-,20-;12-,13+;/m001./s1. The van der Waals surface area contributed by atoms with E-state index in [1.165, 1.54) is 14.2 Å². The number of methoxy groups -OCH3 is 2. The Balaban J connectivity index is 0.000000351. The molecule has 0 N–H and O–H groups in total. The summed E-state index contributed by atoms with van der Waals surface area (Å²) in [6.07, 6.45) is 7.68. The van der Waals surface area contributed by atoms with Crippen molar-refractivity contribution in [2.24, 2.45) is 47.3 Å². The Labute approximate surface area is 601 Å². The van der Waals surface area contributed by atoms with Crippen LogP contribution in [0.1, 0.15) is 227 Å². The molecule has 2 aromatic carbocycles. The molecule has 0 spiro atoms. The largest absolute Gasteiger partial charge is 0.469 e. The van der Waals surface area contributed by atoms with E-state index in [4.69, 9.17) is 36.8 Å². The minimum Gasteiger partial charge on any atom is -0.469 e. The number of piperidine rings is 4. The fourth-order valence-corrected chi connectivity index (χ4v) is 14.6. The van der Waals surface area contributed by atoms with Gasteiger partial charge < -0.3 is 48.0 Å². The number of amides is 4. The second-order valence-electron chi connectivity index (χ2n) is 32.8. The molecule has 4 amide bonds. The molecule has 4 aliphatic rings. The highest BCUT2D eigenvalue weighted by molar-refractivity contribution is 7.87. The van der Waals surface area contributed by atoms with Gasteiger partial charge in [0, 0.05) is 63.2 Å². The Morgan fingerprint density at radius 2 is 0.610 bits per heavy atom. The van der Waals surface area contributed by atoms with Crippen LogP contribution in [0.5, 0.6) is 0 Å². The average Bonchev–Trinajstić information content (AvgIpc) is 0.893. The molecular weight excluding hydrogens is 1320 g/mol. The van der Waals surface area contributed by atoms with E-state index < -0.39 is 42.6 Å². The SMILES string of the molecule is COC(=O)CC1CCN(C(=O)OC(C)(C)C)C(C(C)C)C1.COC(=O)C[C@@H]1CCN(C(=O)OC(C)(C)C)[C@H](C(C)C)C1.Cc1ccc(S(=O)(=O)OCC[C@@H]2CCN(C(=O)OC(C)(C)C)[C@@H](C(C)C)C2)cc1.Cc1ccc(S(=O)(=O)OCC[C@@H]2CCN(C(=O)OC(C)(C)C)[C@H](C(C)C)C2)cc1. The summed E-state index contributed by atoms with van der Waals surface area (Å²) in [6.45, 7) is 45.9. The van der Waals surface area contributed by atoms with E-state index in [0.717, 1.165) is 62.5 Å². The zero-order valence-corrected chi connectivity index (χ0v) is 66.9. The van der Waals surface area contributed by atoms with E-state index in [2.05, 4.69) is 55.4 Å². The van der Waals surface area contributed by atoms with E-state index in [0.29, 0.717) is 87.4 Å². The zero-order valence-electron chi connectivity index (χ0n) is 65.2. The molecule has 4 aliphatic heterocycles. The number of rotatable bonds is 18. The molecule has 6 rings (SSSR count). The van der Waals surface area contributed by atoms with Gasteiger partial charge in [-0.3, -0.25) is 18.0 Å². The maximum Gasteiger partial charge on any atom is 0.410 e. The number of ether oxygens (including phenoxy) is 6. The summed E-state index contributed by atoms with van der Waals surface area (Å²) in [6, 6.07) is 13.7. The van der Waals surface area contributed by atoms with Crippen molar-refractivity contribution in [3.8, 4) is 0 Å². The first-order valence-electron chi connectivity index (χ1n) is 36.1. The fraction of sp³-hybridized carbons (Fsp3) is 0.763. The highest BCUT2D eigenvalue weighted by Gasteiger charge is 2.41. The molecule has 0 aliphatic carbocycles. The molecule has 4 fully saturated rings. The van der Waals surface area contributed by atoms with Gasteiger partial charge in [0.15, 0.2) is 0 Å². The van der Waals surface area contributed by atoms with Crippen LogP contribution in [-0.2, 0) is 66.6 Å². The van der Waals surface area contributed by atoms with Gasteiger partial charge in [-0.15, -0.1) is 0 Å². The van der Waals surface area contributed by atoms with E-state index in [9.17, 15) is 45.6 Å². The molecule has 0 radical (unpaired) electrons. The molecule has 24 heteroatoms. The summed E-state index contributed by atoms with van der Waals surface area (Å²) < 4.78 is 91.5. The molecule has 22 nitrogen and oxygen atoms in total. The Hall–Kier alpha value is -5.72. The lowest BCUT2D eigenvalue weighted by atomic mass is 9.84. The molecule has 4 saturated heterocycles. The van der Waals surface area contributed by atoms with Crippen molar-refractivity contribution >= 4 is 56.5 Å². The number of aryl methyl sites for hydroxylation is 2. The Kier molecular flexibility index (Phi) is 34.7. The number of carbonyl (C=O) groups is 6. The summed E-state index contributed by atoms with van der Waals surface area (Å²) in [7, 11) is -4.64. The first-order chi connectivity index (χ1) is 46.0. The van der Waals surface area contributed by atoms with Crippen molar-refractivity contribution < 1.29 is 82.4 Å². The summed E-state index contributed by atoms with van der Waals surface area (Å²) in [5.41, 5.74) is -0.00890. The molecule has 4 heterocycles. The molecule has 2 unspecified atom stereocenters. The van der Waals surface area contributed by atoms with E-state index in [-0.39, 0.29) is 95.3 Å². The van der Waals surface area contributed by atoms with Crippen LogP contribution in [0.2, 0.25) is 0 Å². The van der Waals surface area contributed by atoms with Gasteiger partial charge in [0.2, 0.25) is 0 Å². The molecule has 8 atom stereocenters. The third-order valence-corrected chi connectivity index (χ3v) is 20.8. The predicted molar refractivity (Wildman–Crippen MR) is 388 cm³/mol. The van der Waals surface area contributed by atoms with Gasteiger partial charge in [-0.05, 0) is 233 Å². The maximum atomic E-state index is 12.6. The molecule has 100 heavy (non-hydrogen) atoms. The van der Waals surface area contributed by atoms with Crippen LogP contribution in [-0.4, -0.2) is 173 Å². The Bertz CT molecular complexity index is 2900. The van der Waals surface area contributed by atoms with Crippen LogP contribution in [0.15, 0.2) is 58.3 Å². The summed E-state index contributed by atoms with van der Waals surface area (Å²) in [5.74, 6) is 2.10. The van der Waals surface area contributed by atoms with Gasteiger partial charge >= 0.3 is 36.3 Å². The van der Waals surface area contributed by atoms with Gasteiger partial charge in [0.1, 0.15) is 22.4 Å². The van der Waals surface area contributed by atoms with E-state index in [1.807, 2.05) is 117 Å². The first-order valence-corrected chi connectivity index (χ1v) is 38.9. The van der Waals surface area contributed by atoms with Crippen LogP contribution >= 0.6 is 0 Å². The van der Waals surface area contributed by atoms with Gasteiger partial charge in [-0.25, -0.2) is 19.2 Å². The Morgan fingerprint density at radius 3 is 0.820 bits per heavy atom. The van der Waals surface area contributed by atoms with Crippen LogP contribution in [0.4, 0.5) is 19.2 Å². The monoisotopic (exact) mass is 1450 g/mol. The van der Waals surface area contributed by atoms with Crippen LogP contribution in [0, 0.1) is 61.2 Å². The third kappa shape index (κ3) is 31.5. The lowest BCUT2D eigenvalue weighted by Crippen LogP contribution is -2.50. The maximum absolute atomic E-state index is 12.6. The predicted octanol–water partition coefficient (Wildman–Crippen LogP) is 16.0. The molecule has 0 saturated carbocycles. The number of likely N-dealkylation sites (tertiary alicyclic amines) is 4. The third-order valence-electron chi connectivity index (χ3n) is 18.1. The van der Waals surface area contributed by atoms with Crippen LogP contribution < -0.4 is 0 Å². The summed E-state index contributed by atoms with van der Waals surface area (Å²) in [4.78, 5) is 80.3. The van der Waals surface area contributed by atoms with Gasteiger partial charge in [-0.1, -0.05) is 90.8 Å². The smallest absolute Gasteiger partial charge is 0.410 e. The van der Waals surface area contributed by atoms with Crippen LogP contribution in [0.25, 0.3) is 0 Å². The van der Waals surface area contributed by atoms with Crippen molar-refractivity contribution in [3.05, 3.63) is 59.7 Å². The fourth-order valence-electron chi connectivity index (χ4n) is 12.7. The lowest BCUT2D eigenvalue weighted by molar-refractivity contribution is -0.143. The zero-order chi connectivity index (χ0) is 76.1. The molecule has 572 valence electrons. The topological polar surface area (TPSA) is 258 Å². The minimum atomic E-state index is -3.74. The summed E-state index contributed by atoms with van der Waals surface area (Å²) in [5, 5.41) is 0. The summed E-state index contributed by atoms with van der Waals surface area (Å²) >= 11 is 0. The second-order valence-corrected chi connectivity index (χ2v) is 36.0. The lowest BCUT2D eigenvalue weighted by Gasteiger charge is -2.42. The first kappa shape index (κ1) is 88.5. The molecule has 0 aromatic heterocycles. The van der Waals surface area contributed by atoms with E-state index >= 15 is 0 Å². The van der Waals surface area contributed by atoms with Crippen LogP contribution in [0.3, 0.4) is 0 Å². The number of hydrogen-bond acceptors (Lipinski definition) is 18. The van der Waals surface area contributed by atoms with Crippen molar-refractivity contribution in [2.75, 3.05) is 53.6 Å². The van der Waals surface area contributed by atoms with Crippen molar-refractivity contribution in [2.45, 2.75) is 286 Å². The van der Waals surface area contributed by atoms with Gasteiger partial charge in [0.05, 0.1) is 37.2 Å². The highest BCUT2D eigenvalue weighted by atomic mass is 32.2. The molecule has 0 bridgehead atoms. The average molecular weight is 1450 g/mol. The highest BCUT2D eigenvalue weighted by Crippen LogP contribution is 2.36. The van der Waals surface area contributed by atoms with Crippen molar-refractivity contribution in [1.82, 2.24) is 19.6 Å². The second kappa shape index (κ2) is 39.2. The van der Waals surface area contributed by atoms with Crippen molar-refractivity contribution in [3.63, 3.8) is 0 Å². The van der Waals surface area contributed by atoms with E-state index in [1.54, 1.807) is 48.5 Å². The number of hydrogen-bond donors (Lipinski definition) is 0. The molecular formula is C76H128N4O18S2. The Morgan fingerprint density at radius 1 is 0.390 bits per heavy atom. The number of benzene rings is 2. The number of carbonyl (C=O) groups excluding carboxylic acids is 6. The normalized spacial score (nSPS) is 21.7. The van der Waals surface area contributed by atoms with Crippen molar-refractivity contribution in [1.29, 1.82) is 0 Å². The quantitative estimate of drug-likeness (QED) is 0.0763. The van der Waals surface area contributed by atoms with Gasteiger partial charge in [0.25, 0.3) is 20.2 Å².